The summed E-state index contributed by atoms with van der Waals surface area (Å²) in [6.45, 7) is 0.857. The Morgan fingerprint density at radius 3 is 2.71 bits per heavy atom. The Labute approximate surface area is 129 Å². The van der Waals surface area contributed by atoms with E-state index in [2.05, 4.69) is 15.9 Å². The van der Waals surface area contributed by atoms with E-state index in [1.807, 2.05) is 0 Å². The fourth-order valence-electron chi connectivity index (χ4n) is 1.98. The predicted molar refractivity (Wildman–Crippen MR) is 81.8 cm³/mol. The van der Waals surface area contributed by atoms with Crippen molar-refractivity contribution in [3.63, 3.8) is 0 Å². The van der Waals surface area contributed by atoms with E-state index < -0.39 is 5.69 Å². The highest BCUT2D eigenvalue weighted by Gasteiger charge is 2.08. The van der Waals surface area contributed by atoms with Crippen molar-refractivity contribution in [1.29, 1.82) is 0 Å². The van der Waals surface area contributed by atoms with E-state index in [0.29, 0.717) is 23.0 Å². The van der Waals surface area contributed by atoms with Gasteiger partial charge in [0.05, 0.1) is 6.54 Å². The molecule has 5 nitrogen and oxygen atoms in total. The summed E-state index contributed by atoms with van der Waals surface area (Å²) in [5.41, 5.74) is 5.25. The Kier molecular flexibility index (Phi) is 5.08. The van der Waals surface area contributed by atoms with Gasteiger partial charge in [-0.3, -0.25) is 13.9 Å². The topological polar surface area (TPSA) is 70.0 Å². The van der Waals surface area contributed by atoms with Gasteiger partial charge in [0.1, 0.15) is 5.82 Å². The van der Waals surface area contributed by atoms with Crippen molar-refractivity contribution in [2.75, 3.05) is 6.54 Å². The minimum Gasteiger partial charge on any atom is -0.330 e. The molecule has 2 N–H and O–H groups in total. The van der Waals surface area contributed by atoms with E-state index in [4.69, 9.17) is 5.73 Å². The van der Waals surface area contributed by atoms with E-state index in [9.17, 15) is 14.0 Å². The van der Waals surface area contributed by atoms with Crippen LogP contribution in [0.1, 0.15) is 12.0 Å². The van der Waals surface area contributed by atoms with Crippen LogP contribution in [-0.2, 0) is 13.1 Å². The monoisotopic (exact) mass is 355 g/mol. The number of halogens is 2. The van der Waals surface area contributed by atoms with Crippen molar-refractivity contribution in [2.45, 2.75) is 19.5 Å². The smallest absolute Gasteiger partial charge is 0.330 e. The largest absolute Gasteiger partial charge is 0.331 e. The van der Waals surface area contributed by atoms with Crippen LogP contribution in [0.3, 0.4) is 0 Å². The summed E-state index contributed by atoms with van der Waals surface area (Å²) in [6.07, 6.45) is 1.96. The van der Waals surface area contributed by atoms with Gasteiger partial charge in [-0.05, 0) is 36.7 Å². The number of benzene rings is 1. The molecule has 0 unspecified atom stereocenters. The van der Waals surface area contributed by atoms with E-state index in [-0.39, 0.29) is 24.5 Å². The molecular weight excluding hydrogens is 341 g/mol. The van der Waals surface area contributed by atoms with E-state index in [0.717, 1.165) is 4.57 Å². The van der Waals surface area contributed by atoms with E-state index >= 15 is 0 Å². The normalized spacial score (nSPS) is 10.8. The van der Waals surface area contributed by atoms with Gasteiger partial charge < -0.3 is 5.73 Å². The second-order valence-corrected chi connectivity index (χ2v) is 5.45. The van der Waals surface area contributed by atoms with E-state index in [1.165, 1.54) is 29.0 Å². The SMILES string of the molecule is NCCCn1c(=O)ccn(Cc2cc(F)ccc2Br)c1=O. The Morgan fingerprint density at radius 1 is 1.24 bits per heavy atom. The molecule has 0 saturated heterocycles. The molecule has 1 heterocycles. The molecule has 7 heteroatoms. The zero-order chi connectivity index (χ0) is 15.4. The molecule has 2 rings (SSSR count). The lowest BCUT2D eigenvalue weighted by Crippen LogP contribution is -2.39. The van der Waals surface area contributed by atoms with Crippen LogP contribution in [0, 0.1) is 5.82 Å². The first-order valence-corrected chi connectivity index (χ1v) is 7.26. The highest BCUT2D eigenvalue weighted by molar-refractivity contribution is 9.10. The Morgan fingerprint density at radius 2 is 2.00 bits per heavy atom. The Balaban J connectivity index is 2.39. The predicted octanol–water partition coefficient (Wildman–Crippen LogP) is 1.31. The third-order valence-electron chi connectivity index (χ3n) is 3.07. The van der Waals surface area contributed by atoms with Crippen LogP contribution in [0.4, 0.5) is 4.39 Å². The summed E-state index contributed by atoms with van der Waals surface area (Å²) in [5, 5.41) is 0. The molecular formula is C14H15BrFN3O2. The van der Waals surface area contributed by atoms with E-state index in [1.54, 1.807) is 6.07 Å². The molecule has 0 aliphatic rings. The van der Waals surface area contributed by atoms with Crippen LogP contribution in [0.2, 0.25) is 0 Å². The molecule has 21 heavy (non-hydrogen) atoms. The van der Waals surface area contributed by atoms with Gasteiger partial charge in [-0.2, -0.15) is 0 Å². The zero-order valence-electron chi connectivity index (χ0n) is 11.3. The first-order chi connectivity index (χ1) is 10.0. The number of nitrogens with two attached hydrogens (primary N) is 1. The summed E-state index contributed by atoms with van der Waals surface area (Å²) >= 11 is 3.32. The second kappa shape index (κ2) is 6.82. The standard InChI is InChI=1S/C14H15BrFN3O2/c15-12-3-2-11(16)8-10(12)9-18-7-4-13(20)19(14(18)21)6-1-5-17/h2-4,7-8H,1,5-6,9,17H2. The average molecular weight is 356 g/mol. The van der Waals surface area contributed by atoms with Crippen molar-refractivity contribution in [3.05, 3.63) is 67.2 Å². The first-order valence-electron chi connectivity index (χ1n) is 6.47. The summed E-state index contributed by atoms with van der Waals surface area (Å²) in [4.78, 5) is 24.0. The van der Waals surface area contributed by atoms with Gasteiger partial charge in [-0.25, -0.2) is 9.18 Å². The molecule has 1 aromatic heterocycles. The van der Waals surface area contributed by atoms with Crippen molar-refractivity contribution in [3.8, 4) is 0 Å². The first kappa shape index (κ1) is 15.7. The molecule has 0 aliphatic heterocycles. The quantitative estimate of drug-likeness (QED) is 0.878. The van der Waals surface area contributed by atoms with Crippen LogP contribution in [0.5, 0.6) is 0 Å². The molecule has 2 aromatic rings. The van der Waals surface area contributed by atoms with Crippen molar-refractivity contribution in [2.24, 2.45) is 5.73 Å². The number of aromatic nitrogens is 2. The second-order valence-electron chi connectivity index (χ2n) is 4.59. The molecule has 0 atom stereocenters. The van der Waals surface area contributed by atoms with Crippen molar-refractivity contribution >= 4 is 15.9 Å². The van der Waals surface area contributed by atoms with Gasteiger partial charge >= 0.3 is 5.69 Å². The maximum atomic E-state index is 13.3. The molecule has 1 aromatic carbocycles. The lowest BCUT2D eigenvalue weighted by atomic mass is 10.2. The lowest BCUT2D eigenvalue weighted by Gasteiger charge is -2.11. The fraction of sp³-hybridized carbons (Fsp3) is 0.286. The molecule has 0 saturated carbocycles. The summed E-state index contributed by atoms with van der Waals surface area (Å²) in [7, 11) is 0. The van der Waals surface area contributed by atoms with Gasteiger partial charge in [0.25, 0.3) is 5.56 Å². The number of hydrogen-bond acceptors (Lipinski definition) is 3. The van der Waals surface area contributed by atoms with Gasteiger partial charge in [-0.15, -0.1) is 0 Å². The van der Waals surface area contributed by atoms with Crippen LogP contribution < -0.4 is 17.0 Å². The molecule has 0 bridgehead atoms. The van der Waals surface area contributed by atoms with Crippen molar-refractivity contribution in [1.82, 2.24) is 9.13 Å². The zero-order valence-corrected chi connectivity index (χ0v) is 12.8. The maximum Gasteiger partial charge on any atom is 0.331 e. The molecule has 0 amide bonds. The van der Waals surface area contributed by atoms with Crippen LogP contribution in [0.25, 0.3) is 0 Å². The van der Waals surface area contributed by atoms with Gasteiger partial charge in [0.2, 0.25) is 0 Å². The summed E-state index contributed by atoms with van der Waals surface area (Å²) in [5.74, 6) is -0.377. The highest BCUT2D eigenvalue weighted by atomic mass is 79.9. The summed E-state index contributed by atoms with van der Waals surface area (Å²) < 4.78 is 16.5. The average Bonchev–Trinajstić information content (AvgIpc) is 2.46. The lowest BCUT2D eigenvalue weighted by molar-refractivity contribution is 0.552. The van der Waals surface area contributed by atoms with Crippen molar-refractivity contribution < 1.29 is 4.39 Å². The minimum atomic E-state index is -0.424. The molecule has 112 valence electrons. The molecule has 0 fully saturated rings. The van der Waals surface area contributed by atoms with Crippen LogP contribution >= 0.6 is 15.9 Å². The fourth-order valence-corrected chi connectivity index (χ4v) is 2.35. The molecule has 0 aliphatic carbocycles. The van der Waals surface area contributed by atoms with Gasteiger partial charge in [-0.1, -0.05) is 15.9 Å². The maximum absolute atomic E-state index is 13.3. The van der Waals surface area contributed by atoms with Crippen LogP contribution in [0.15, 0.2) is 44.5 Å². The number of hydrogen-bond donors (Lipinski definition) is 1. The third-order valence-corrected chi connectivity index (χ3v) is 3.85. The minimum absolute atomic E-state index is 0.181. The van der Waals surface area contributed by atoms with Gasteiger partial charge in [0, 0.05) is 23.3 Å². The third kappa shape index (κ3) is 3.68. The number of nitrogens with zero attached hydrogens (tertiary/aromatic N) is 2. The Bertz CT molecular complexity index is 755. The molecule has 0 radical (unpaired) electrons. The number of rotatable bonds is 5. The Hall–Kier alpha value is -1.73. The summed E-state index contributed by atoms with van der Waals surface area (Å²) in [6, 6.07) is 5.59. The van der Waals surface area contributed by atoms with Crippen LogP contribution in [-0.4, -0.2) is 15.7 Å². The highest BCUT2D eigenvalue weighted by Crippen LogP contribution is 2.18. The molecule has 0 spiro atoms. The van der Waals surface area contributed by atoms with Gasteiger partial charge in [0.15, 0.2) is 0 Å².